The number of rotatable bonds is 5. The van der Waals surface area contributed by atoms with Crippen LogP contribution in [0.2, 0.25) is 0 Å². The average molecular weight is 389 g/mol. The molecule has 1 saturated carbocycles. The first-order valence-corrected chi connectivity index (χ1v) is 11.0. The number of nitrogens with zero attached hydrogens (tertiary/aromatic N) is 2. The Kier molecular flexibility index (Phi) is 5.58. The number of benzene rings is 2. The second-order valence-corrected chi connectivity index (χ2v) is 9.55. The van der Waals surface area contributed by atoms with Gasteiger partial charge in [0, 0.05) is 12.0 Å². The van der Waals surface area contributed by atoms with E-state index in [0.29, 0.717) is 5.82 Å². The van der Waals surface area contributed by atoms with Gasteiger partial charge in [0.1, 0.15) is 0 Å². The van der Waals surface area contributed by atoms with Crippen molar-refractivity contribution in [1.29, 1.82) is 0 Å². The molecule has 0 amide bonds. The Morgan fingerprint density at radius 2 is 1.59 bits per heavy atom. The first-order chi connectivity index (χ1) is 14.0. The van der Waals surface area contributed by atoms with E-state index >= 15 is 0 Å². The Balaban J connectivity index is 1.48. The fourth-order valence-electron chi connectivity index (χ4n) is 4.64. The molecule has 0 unspecified atom stereocenters. The lowest BCUT2D eigenvalue weighted by Crippen LogP contribution is -2.29. The lowest BCUT2D eigenvalue weighted by molar-refractivity contribution is 0.261. The van der Waals surface area contributed by atoms with Crippen molar-refractivity contribution in [1.82, 2.24) is 10.1 Å². The zero-order chi connectivity index (χ0) is 20.3. The highest BCUT2D eigenvalue weighted by molar-refractivity contribution is 5.55. The Hall–Kier alpha value is -2.42. The molecular formula is C26H32N2O. The molecule has 1 aromatic heterocycles. The van der Waals surface area contributed by atoms with Gasteiger partial charge in [0.25, 0.3) is 0 Å². The third-order valence-electron chi connectivity index (χ3n) is 6.49. The largest absolute Gasteiger partial charge is 0.339 e. The minimum absolute atomic E-state index is 0.146. The van der Waals surface area contributed by atoms with E-state index in [-0.39, 0.29) is 10.8 Å². The van der Waals surface area contributed by atoms with Crippen molar-refractivity contribution in [2.75, 3.05) is 0 Å². The molecule has 152 valence electrons. The maximum atomic E-state index is 5.63. The van der Waals surface area contributed by atoms with Crippen LogP contribution in [0.1, 0.15) is 76.3 Å². The van der Waals surface area contributed by atoms with Gasteiger partial charge in [-0.15, -0.1) is 0 Å². The summed E-state index contributed by atoms with van der Waals surface area (Å²) in [6, 6.07) is 19.5. The van der Waals surface area contributed by atoms with Gasteiger partial charge in [0.2, 0.25) is 11.7 Å². The van der Waals surface area contributed by atoms with Crippen LogP contribution in [-0.2, 0) is 17.3 Å². The van der Waals surface area contributed by atoms with E-state index in [1.165, 1.54) is 43.2 Å². The molecule has 0 spiro atoms. The van der Waals surface area contributed by atoms with Crippen LogP contribution in [0.5, 0.6) is 0 Å². The third-order valence-corrected chi connectivity index (χ3v) is 6.49. The molecule has 0 atom stereocenters. The molecule has 2 aromatic carbocycles. The Morgan fingerprint density at radius 1 is 0.897 bits per heavy atom. The summed E-state index contributed by atoms with van der Waals surface area (Å²) in [6.07, 6.45) is 8.39. The van der Waals surface area contributed by atoms with Crippen LogP contribution in [0, 0.1) is 0 Å². The van der Waals surface area contributed by atoms with Gasteiger partial charge in [0.15, 0.2) is 0 Å². The quantitative estimate of drug-likeness (QED) is 0.479. The highest BCUT2D eigenvalue weighted by Crippen LogP contribution is 2.42. The topological polar surface area (TPSA) is 38.9 Å². The molecule has 3 aromatic rings. The summed E-state index contributed by atoms with van der Waals surface area (Å²) in [4.78, 5) is 4.70. The third kappa shape index (κ3) is 4.44. The second kappa shape index (κ2) is 8.14. The minimum atomic E-state index is 0.146. The van der Waals surface area contributed by atoms with Crippen LogP contribution < -0.4 is 0 Å². The van der Waals surface area contributed by atoms with Crippen molar-refractivity contribution in [3.8, 4) is 11.4 Å². The molecule has 0 bridgehead atoms. The van der Waals surface area contributed by atoms with E-state index in [9.17, 15) is 0 Å². The van der Waals surface area contributed by atoms with E-state index in [2.05, 4.69) is 80.5 Å². The normalized spacial score (nSPS) is 16.7. The van der Waals surface area contributed by atoms with Crippen molar-refractivity contribution in [2.24, 2.45) is 0 Å². The first kappa shape index (κ1) is 19.9. The fraction of sp³-hybridized carbons (Fsp3) is 0.462. The van der Waals surface area contributed by atoms with Crippen molar-refractivity contribution in [2.45, 2.75) is 76.5 Å². The molecule has 0 saturated heterocycles. The lowest BCUT2D eigenvalue weighted by atomic mass is 9.67. The van der Waals surface area contributed by atoms with Crippen LogP contribution in [0.3, 0.4) is 0 Å². The second-order valence-electron chi connectivity index (χ2n) is 9.55. The molecule has 4 rings (SSSR count). The molecule has 0 radical (unpaired) electrons. The number of hydrogen-bond donors (Lipinski definition) is 0. The van der Waals surface area contributed by atoms with Crippen molar-refractivity contribution in [3.63, 3.8) is 0 Å². The zero-order valence-corrected chi connectivity index (χ0v) is 17.9. The highest BCUT2D eigenvalue weighted by Gasteiger charge is 2.33. The first-order valence-electron chi connectivity index (χ1n) is 11.0. The van der Waals surface area contributed by atoms with Gasteiger partial charge in [-0.25, -0.2) is 0 Å². The summed E-state index contributed by atoms with van der Waals surface area (Å²) in [7, 11) is 0. The summed E-state index contributed by atoms with van der Waals surface area (Å²) in [5.41, 5.74) is 4.20. The minimum Gasteiger partial charge on any atom is -0.339 e. The maximum Gasteiger partial charge on any atom is 0.226 e. The predicted octanol–water partition coefficient (Wildman–Crippen LogP) is 6.87. The number of aromatic nitrogens is 2. The molecule has 3 nitrogen and oxygen atoms in total. The van der Waals surface area contributed by atoms with Gasteiger partial charge in [-0.3, -0.25) is 0 Å². The van der Waals surface area contributed by atoms with Crippen molar-refractivity contribution in [3.05, 3.63) is 71.6 Å². The summed E-state index contributed by atoms with van der Waals surface area (Å²) in [5.74, 6) is 1.44. The Bertz CT molecular complexity index is 913. The van der Waals surface area contributed by atoms with Gasteiger partial charge < -0.3 is 4.52 Å². The average Bonchev–Trinajstić information content (AvgIpc) is 3.22. The van der Waals surface area contributed by atoms with E-state index in [0.717, 1.165) is 24.3 Å². The van der Waals surface area contributed by atoms with E-state index < -0.39 is 0 Å². The molecule has 29 heavy (non-hydrogen) atoms. The van der Waals surface area contributed by atoms with Crippen molar-refractivity contribution >= 4 is 0 Å². The van der Waals surface area contributed by atoms with Crippen LogP contribution in [0.15, 0.2) is 59.1 Å². The van der Waals surface area contributed by atoms with E-state index in [4.69, 9.17) is 9.51 Å². The van der Waals surface area contributed by atoms with Crippen LogP contribution in [-0.4, -0.2) is 10.1 Å². The lowest BCUT2D eigenvalue weighted by Gasteiger charge is -2.38. The fourth-order valence-corrected chi connectivity index (χ4v) is 4.64. The molecular weight excluding hydrogens is 356 g/mol. The zero-order valence-electron chi connectivity index (χ0n) is 17.9. The standard InChI is InChI=1S/C26H32N2O/c1-25(2,3)21-14-12-20(13-15-21)24-27-23(29-28-24)16-19-26(17-8-5-9-18-26)22-10-6-4-7-11-22/h4,6-7,10-15H,5,8-9,16-19H2,1-3H3. The van der Waals surface area contributed by atoms with Crippen molar-refractivity contribution < 1.29 is 4.52 Å². The highest BCUT2D eigenvalue weighted by atomic mass is 16.5. The Morgan fingerprint density at radius 3 is 2.24 bits per heavy atom. The van der Waals surface area contributed by atoms with Gasteiger partial charge in [-0.1, -0.05) is 99.8 Å². The summed E-state index contributed by atoms with van der Waals surface area (Å²) in [5, 5.41) is 4.25. The monoisotopic (exact) mass is 388 g/mol. The van der Waals surface area contributed by atoms with Gasteiger partial charge >= 0.3 is 0 Å². The summed E-state index contributed by atoms with van der Waals surface area (Å²) >= 11 is 0. The smallest absolute Gasteiger partial charge is 0.226 e. The molecule has 0 aliphatic heterocycles. The summed E-state index contributed by atoms with van der Waals surface area (Å²) < 4.78 is 5.63. The molecule has 1 heterocycles. The molecule has 1 aliphatic carbocycles. The maximum absolute atomic E-state index is 5.63. The van der Waals surface area contributed by atoms with Gasteiger partial charge in [-0.2, -0.15) is 4.98 Å². The summed E-state index contributed by atoms with van der Waals surface area (Å²) in [6.45, 7) is 6.67. The molecule has 1 aliphatic rings. The molecule has 0 N–H and O–H groups in total. The van der Waals surface area contributed by atoms with Crippen LogP contribution in [0.25, 0.3) is 11.4 Å². The SMILES string of the molecule is CC(C)(C)c1ccc(-c2noc(CCC3(c4ccccc4)CCCCC3)n2)cc1. The van der Waals surface area contributed by atoms with E-state index in [1.807, 2.05) is 0 Å². The van der Waals surface area contributed by atoms with Gasteiger partial charge in [-0.05, 0) is 41.2 Å². The number of hydrogen-bond acceptors (Lipinski definition) is 3. The van der Waals surface area contributed by atoms with Gasteiger partial charge in [0.05, 0.1) is 0 Å². The van der Waals surface area contributed by atoms with Crippen LogP contribution in [0.4, 0.5) is 0 Å². The van der Waals surface area contributed by atoms with Crippen LogP contribution >= 0.6 is 0 Å². The molecule has 1 fully saturated rings. The Labute approximate surface area is 174 Å². The van der Waals surface area contributed by atoms with E-state index in [1.54, 1.807) is 0 Å². The number of aryl methyl sites for hydroxylation is 1. The predicted molar refractivity (Wildman–Crippen MR) is 118 cm³/mol. The molecule has 3 heteroatoms.